The van der Waals surface area contributed by atoms with Crippen LogP contribution in [0.5, 0.6) is 0 Å². The minimum Gasteiger partial charge on any atom is -0.385 e. The molecule has 1 aromatic rings. The molecule has 0 saturated carbocycles. The van der Waals surface area contributed by atoms with Gasteiger partial charge in [0.1, 0.15) is 5.82 Å². The summed E-state index contributed by atoms with van der Waals surface area (Å²) in [5, 5.41) is 6.87. The summed E-state index contributed by atoms with van der Waals surface area (Å²) in [4.78, 5) is 6.82. The molecule has 2 N–H and O–H groups in total. The van der Waals surface area contributed by atoms with Gasteiger partial charge in [-0.25, -0.2) is 4.39 Å². The van der Waals surface area contributed by atoms with Crippen LogP contribution < -0.4 is 10.6 Å². The summed E-state index contributed by atoms with van der Waals surface area (Å²) >= 11 is 3.29. The van der Waals surface area contributed by atoms with Crippen LogP contribution in [0, 0.1) is 5.82 Å². The first-order valence-corrected chi connectivity index (χ1v) is 10.5. The Labute approximate surface area is 194 Å². The zero-order valence-electron chi connectivity index (χ0n) is 16.8. The van der Waals surface area contributed by atoms with Gasteiger partial charge < -0.3 is 20.3 Å². The lowest BCUT2D eigenvalue weighted by molar-refractivity contribution is 0.155. The van der Waals surface area contributed by atoms with Crippen LogP contribution in [0.3, 0.4) is 0 Å². The molecule has 2 rings (SSSR count). The first kappa shape index (κ1) is 25.6. The molecule has 0 amide bonds. The van der Waals surface area contributed by atoms with Gasteiger partial charge >= 0.3 is 0 Å². The fourth-order valence-electron chi connectivity index (χ4n) is 3.33. The molecule has 1 aliphatic rings. The highest BCUT2D eigenvalue weighted by atomic mass is 127. The van der Waals surface area contributed by atoms with Crippen molar-refractivity contribution in [3.8, 4) is 0 Å². The van der Waals surface area contributed by atoms with E-state index in [2.05, 4.69) is 36.5 Å². The van der Waals surface area contributed by atoms with E-state index in [1.807, 2.05) is 12.1 Å². The van der Waals surface area contributed by atoms with E-state index in [9.17, 15) is 4.39 Å². The smallest absolute Gasteiger partial charge is 0.191 e. The van der Waals surface area contributed by atoms with Crippen molar-refractivity contribution in [2.75, 3.05) is 46.9 Å². The summed E-state index contributed by atoms with van der Waals surface area (Å²) in [5.41, 5.74) is 0.754. The maximum atomic E-state index is 13.8. The molecule has 1 saturated heterocycles. The maximum Gasteiger partial charge on any atom is 0.191 e. The van der Waals surface area contributed by atoms with Crippen molar-refractivity contribution in [1.82, 2.24) is 15.5 Å². The largest absolute Gasteiger partial charge is 0.385 e. The summed E-state index contributed by atoms with van der Waals surface area (Å²) in [7, 11) is 3.55. The third kappa shape index (κ3) is 9.37. The van der Waals surface area contributed by atoms with Crippen LogP contribution in [-0.2, 0) is 11.2 Å². The van der Waals surface area contributed by atoms with Crippen molar-refractivity contribution < 1.29 is 9.13 Å². The quantitative estimate of drug-likeness (QED) is 0.205. The number of methoxy groups -OCH3 is 1. The van der Waals surface area contributed by atoms with Gasteiger partial charge in [0.2, 0.25) is 0 Å². The molecule has 0 spiro atoms. The fraction of sp³-hybridized carbons (Fsp3) is 0.650. The second-order valence-electron chi connectivity index (χ2n) is 6.94. The van der Waals surface area contributed by atoms with Gasteiger partial charge in [-0.1, -0.05) is 22.0 Å². The highest BCUT2D eigenvalue weighted by molar-refractivity contribution is 14.0. The van der Waals surface area contributed by atoms with Crippen molar-refractivity contribution in [3.63, 3.8) is 0 Å². The van der Waals surface area contributed by atoms with Gasteiger partial charge in [0.25, 0.3) is 0 Å². The summed E-state index contributed by atoms with van der Waals surface area (Å²) < 4.78 is 19.7. The number of aliphatic imine (C=N–C) groups is 1. The number of hydrogen-bond donors (Lipinski definition) is 2. The molecule has 1 fully saturated rings. The van der Waals surface area contributed by atoms with Crippen molar-refractivity contribution in [2.24, 2.45) is 4.99 Å². The molecular formula is C20H33BrFIN4O. The van der Waals surface area contributed by atoms with E-state index in [1.165, 1.54) is 6.07 Å². The lowest BCUT2D eigenvalue weighted by atomic mass is 10.1. The van der Waals surface area contributed by atoms with Crippen molar-refractivity contribution in [1.29, 1.82) is 0 Å². The average molecular weight is 571 g/mol. The third-order valence-electron chi connectivity index (χ3n) is 4.91. The van der Waals surface area contributed by atoms with Crippen LogP contribution in [0.2, 0.25) is 0 Å². The molecular weight excluding hydrogens is 538 g/mol. The number of likely N-dealkylation sites (tertiary alicyclic amines) is 1. The van der Waals surface area contributed by atoms with Crippen LogP contribution in [0.4, 0.5) is 4.39 Å². The summed E-state index contributed by atoms with van der Waals surface area (Å²) in [6, 6.07) is 5.70. The number of benzene rings is 1. The van der Waals surface area contributed by atoms with E-state index in [4.69, 9.17) is 4.74 Å². The average Bonchev–Trinajstić information content (AvgIpc) is 2.67. The van der Waals surface area contributed by atoms with Crippen LogP contribution in [0.15, 0.2) is 27.7 Å². The highest BCUT2D eigenvalue weighted by Crippen LogP contribution is 2.16. The van der Waals surface area contributed by atoms with Gasteiger partial charge in [0.15, 0.2) is 5.96 Å². The number of ether oxygens (including phenoxy) is 1. The van der Waals surface area contributed by atoms with Gasteiger partial charge in [-0.3, -0.25) is 4.99 Å². The third-order valence-corrected chi connectivity index (χ3v) is 5.40. The SMILES string of the molecule is CN=C(NCCCc1ccc(Br)cc1F)NC1CCN(CCCOC)CC1.I. The number of hydrogen-bond acceptors (Lipinski definition) is 3. The Morgan fingerprint density at radius 2 is 2.07 bits per heavy atom. The molecule has 0 atom stereocenters. The number of rotatable bonds is 9. The van der Waals surface area contributed by atoms with Crippen LogP contribution in [0.25, 0.3) is 0 Å². The molecule has 5 nitrogen and oxygen atoms in total. The number of aryl methyl sites for hydroxylation is 1. The molecule has 0 aliphatic carbocycles. The monoisotopic (exact) mass is 570 g/mol. The van der Waals surface area contributed by atoms with E-state index in [0.717, 1.165) is 74.5 Å². The van der Waals surface area contributed by atoms with E-state index in [-0.39, 0.29) is 29.8 Å². The summed E-state index contributed by atoms with van der Waals surface area (Å²) in [6.45, 7) is 4.94. The molecule has 1 heterocycles. The fourth-order valence-corrected chi connectivity index (χ4v) is 3.66. The molecule has 1 aliphatic heterocycles. The number of nitrogens with zero attached hydrogens (tertiary/aromatic N) is 2. The van der Waals surface area contributed by atoms with Crippen LogP contribution in [-0.4, -0.2) is 63.8 Å². The maximum absolute atomic E-state index is 13.8. The van der Waals surface area contributed by atoms with Gasteiger partial charge in [-0.2, -0.15) is 0 Å². The van der Waals surface area contributed by atoms with E-state index in [0.29, 0.717) is 12.5 Å². The molecule has 0 aromatic heterocycles. The molecule has 1 aromatic carbocycles. The van der Waals surface area contributed by atoms with Crippen molar-refractivity contribution >= 4 is 45.9 Å². The number of piperidine rings is 1. The minimum absolute atomic E-state index is 0. The van der Waals surface area contributed by atoms with E-state index in [1.54, 1.807) is 14.2 Å². The Morgan fingerprint density at radius 3 is 2.71 bits per heavy atom. The molecule has 28 heavy (non-hydrogen) atoms. The Morgan fingerprint density at radius 1 is 1.32 bits per heavy atom. The molecule has 160 valence electrons. The zero-order valence-corrected chi connectivity index (χ0v) is 20.8. The highest BCUT2D eigenvalue weighted by Gasteiger charge is 2.19. The Bertz CT molecular complexity index is 598. The first-order chi connectivity index (χ1) is 13.1. The Balaban J connectivity index is 0.00000392. The summed E-state index contributed by atoms with van der Waals surface area (Å²) in [6.07, 6.45) is 4.91. The zero-order chi connectivity index (χ0) is 19.5. The molecule has 0 radical (unpaired) electrons. The predicted octanol–water partition coefficient (Wildman–Crippen LogP) is 3.80. The van der Waals surface area contributed by atoms with Crippen LogP contribution >= 0.6 is 39.9 Å². The van der Waals surface area contributed by atoms with Gasteiger partial charge in [-0.05, 0) is 49.8 Å². The second kappa shape index (κ2) is 14.5. The number of guanidine groups is 1. The molecule has 0 unspecified atom stereocenters. The Hall–Kier alpha value is -0.450. The van der Waals surface area contributed by atoms with Gasteiger partial charge in [0, 0.05) is 57.5 Å². The molecule has 0 bridgehead atoms. The first-order valence-electron chi connectivity index (χ1n) is 9.74. The predicted molar refractivity (Wildman–Crippen MR) is 128 cm³/mol. The number of halogens is 3. The Kier molecular flexibility index (Phi) is 13.3. The lowest BCUT2D eigenvalue weighted by Gasteiger charge is -2.33. The van der Waals surface area contributed by atoms with Gasteiger partial charge in [0.05, 0.1) is 0 Å². The number of nitrogens with one attached hydrogen (secondary N) is 2. The van der Waals surface area contributed by atoms with E-state index >= 15 is 0 Å². The van der Waals surface area contributed by atoms with Crippen LogP contribution in [0.1, 0.15) is 31.2 Å². The second-order valence-corrected chi connectivity index (χ2v) is 7.86. The summed E-state index contributed by atoms with van der Waals surface area (Å²) in [5.74, 6) is 0.688. The minimum atomic E-state index is -0.149. The van der Waals surface area contributed by atoms with Crippen molar-refractivity contribution in [3.05, 3.63) is 34.1 Å². The molecule has 8 heteroatoms. The lowest BCUT2D eigenvalue weighted by Crippen LogP contribution is -2.49. The van der Waals surface area contributed by atoms with Crippen molar-refractivity contribution in [2.45, 2.75) is 38.1 Å². The van der Waals surface area contributed by atoms with E-state index < -0.39 is 0 Å². The standard InChI is InChI=1S/C20H32BrFN4O.HI/c1-23-20(24-10-3-5-16-6-7-17(21)15-19(16)22)25-18-8-12-26(13-9-18)11-4-14-27-2;/h6-7,15,18H,3-5,8-14H2,1-2H3,(H2,23,24,25);1H. The topological polar surface area (TPSA) is 48.9 Å². The van der Waals surface area contributed by atoms with Gasteiger partial charge in [-0.15, -0.1) is 24.0 Å². The normalized spacial score (nSPS) is 15.9.